The molecule has 0 saturated heterocycles. The van der Waals surface area contributed by atoms with Crippen molar-refractivity contribution in [2.75, 3.05) is 16.2 Å². The fraction of sp³-hybridized carbons (Fsp3) is 0.0417. The highest BCUT2D eigenvalue weighted by Gasteiger charge is 2.29. The summed E-state index contributed by atoms with van der Waals surface area (Å²) < 4.78 is 27.9. The predicted molar refractivity (Wildman–Crippen MR) is 130 cm³/mol. The number of amides is 1. The summed E-state index contributed by atoms with van der Waals surface area (Å²) in [7, 11) is -4.09. The van der Waals surface area contributed by atoms with Crippen LogP contribution in [0, 0.1) is 0 Å². The highest BCUT2D eigenvalue weighted by atomic mass is 35.5. The van der Waals surface area contributed by atoms with E-state index in [1.807, 2.05) is 36.4 Å². The van der Waals surface area contributed by atoms with E-state index >= 15 is 0 Å². The number of benzene rings is 4. The van der Waals surface area contributed by atoms with Crippen molar-refractivity contribution in [3.8, 4) is 0 Å². The predicted octanol–water partition coefficient (Wildman–Crippen LogP) is 5.98. The lowest BCUT2D eigenvalue weighted by atomic mass is 10.1. The number of anilines is 2. The van der Waals surface area contributed by atoms with Crippen LogP contribution >= 0.6 is 23.2 Å². The van der Waals surface area contributed by atoms with Gasteiger partial charge in [-0.05, 0) is 35.7 Å². The standard InChI is InChI=1S/C24H18Cl2N2O3S/c25-20-13-7-15-22(24(20)26)28(32(30,31)18-10-2-1-3-11-18)16-23(29)27-21-14-6-9-17-8-4-5-12-19(17)21/h1-15H,16H2,(H,27,29). The van der Waals surface area contributed by atoms with Crippen LogP contribution in [0.25, 0.3) is 10.8 Å². The number of carbonyl (C=O) groups excluding carboxylic acids is 1. The molecule has 0 spiro atoms. The van der Waals surface area contributed by atoms with Crippen LogP contribution in [-0.2, 0) is 14.8 Å². The summed E-state index contributed by atoms with van der Waals surface area (Å²) in [5.74, 6) is -0.517. The molecule has 0 aliphatic carbocycles. The Morgan fingerprint density at radius 1 is 0.812 bits per heavy atom. The first-order chi connectivity index (χ1) is 15.4. The van der Waals surface area contributed by atoms with E-state index in [-0.39, 0.29) is 20.6 Å². The van der Waals surface area contributed by atoms with Gasteiger partial charge in [0.25, 0.3) is 10.0 Å². The first-order valence-electron chi connectivity index (χ1n) is 9.67. The smallest absolute Gasteiger partial charge is 0.264 e. The van der Waals surface area contributed by atoms with Crippen molar-refractivity contribution >= 4 is 61.3 Å². The van der Waals surface area contributed by atoms with Gasteiger partial charge in [0, 0.05) is 11.1 Å². The van der Waals surface area contributed by atoms with Gasteiger partial charge in [-0.25, -0.2) is 8.42 Å². The number of halogens is 2. The lowest BCUT2D eigenvalue weighted by Crippen LogP contribution is -2.38. The maximum Gasteiger partial charge on any atom is 0.264 e. The minimum absolute atomic E-state index is 0.0361. The number of nitrogens with zero attached hydrogens (tertiary/aromatic N) is 1. The molecule has 162 valence electrons. The number of hydrogen-bond acceptors (Lipinski definition) is 3. The zero-order chi connectivity index (χ0) is 22.7. The van der Waals surface area contributed by atoms with Gasteiger partial charge in [0.15, 0.2) is 0 Å². The van der Waals surface area contributed by atoms with E-state index in [0.29, 0.717) is 5.69 Å². The lowest BCUT2D eigenvalue weighted by Gasteiger charge is -2.25. The molecule has 0 heterocycles. The molecule has 5 nitrogen and oxygen atoms in total. The largest absolute Gasteiger partial charge is 0.324 e. The van der Waals surface area contributed by atoms with Gasteiger partial charge in [-0.2, -0.15) is 0 Å². The van der Waals surface area contributed by atoms with Crippen LogP contribution in [0.3, 0.4) is 0 Å². The molecule has 0 bridgehead atoms. The van der Waals surface area contributed by atoms with Gasteiger partial charge in [0.1, 0.15) is 6.54 Å². The summed E-state index contributed by atoms with van der Waals surface area (Å²) in [5.41, 5.74) is 0.707. The van der Waals surface area contributed by atoms with Crippen molar-refractivity contribution in [3.63, 3.8) is 0 Å². The van der Waals surface area contributed by atoms with E-state index in [2.05, 4.69) is 5.32 Å². The number of fused-ring (bicyclic) bond motifs is 1. The number of sulfonamides is 1. The number of rotatable bonds is 6. The maximum absolute atomic E-state index is 13.4. The van der Waals surface area contributed by atoms with Gasteiger partial charge >= 0.3 is 0 Å². The van der Waals surface area contributed by atoms with Crippen molar-refractivity contribution in [2.24, 2.45) is 0 Å². The monoisotopic (exact) mass is 484 g/mol. The third kappa shape index (κ3) is 4.43. The average Bonchev–Trinajstić information content (AvgIpc) is 2.80. The van der Waals surface area contributed by atoms with E-state index < -0.39 is 22.5 Å². The molecule has 4 aromatic carbocycles. The van der Waals surface area contributed by atoms with Gasteiger partial charge < -0.3 is 5.32 Å². The lowest BCUT2D eigenvalue weighted by molar-refractivity contribution is -0.114. The Morgan fingerprint density at radius 3 is 2.25 bits per heavy atom. The molecule has 4 aromatic rings. The van der Waals surface area contributed by atoms with Crippen molar-refractivity contribution in [1.29, 1.82) is 0 Å². The molecule has 1 N–H and O–H groups in total. The van der Waals surface area contributed by atoms with Crippen molar-refractivity contribution in [3.05, 3.63) is 101 Å². The molecule has 0 aromatic heterocycles. The topological polar surface area (TPSA) is 66.5 Å². The SMILES string of the molecule is O=C(CN(c1cccc(Cl)c1Cl)S(=O)(=O)c1ccccc1)Nc1cccc2ccccc12. The summed E-state index contributed by atoms with van der Waals surface area (Å²) in [5, 5.41) is 4.86. The van der Waals surface area contributed by atoms with E-state index in [9.17, 15) is 13.2 Å². The van der Waals surface area contributed by atoms with Crippen molar-refractivity contribution in [2.45, 2.75) is 4.90 Å². The molecule has 0 saturated carbocycles. The van der Waals surface area contributed by atoms with Gasteiger partial charge in [0.2, 0.25) is 5.91 Å². The molecule has 0 fully saturated rings. The van der Waals surface area contributed by atoms with E-state index in [4.69, 9.17) is 23.2 Å². The molecular formula is C24H18Cl2N2O3S. The number of nitrogens with one attached hydrogen (secondary N) is 1. The minimum Gasteiger partial charge on any atom is -0.324 e. The van der Waals surface area contributed by atoms with Crippen LogP contribution in [0.2, 0.25) is 10.0 Å². The number of carbonyl (C=O) groups is 1. The fourth-order valence-corrected chi connectivity index (χ4v) is 5.26. The second-order valence-electron chi connectivity index (χ2n) is 6.97. The Labute approximate surface area is 196 Å². The van der Waals surface area contributed by atoms with Crippen molar-refractivity contribution < 1.29 is 13.2 Å². The van der Waals surface area contributed by atoms with Gasteiger partial charge in [-0.3, -0.25) is 9.10 Å². The number of hydrogen-bond donors (Lipinski definition) is 1. The molecular weight excluding hydrogens is 467 g/mol. The Balaban J connectivity index is 1.72. The molecule has 4 rings (SSSR count). The van der Waals surface area contributed by atoms with Gasteiger partial charge in [-0.15, -0.1) is 0 Å². The quantitative estimate of drug-likeness (QED) is 0.365. The molecule has 1 amide bonds. The first kappa shape index (κ1) is 22.1. The third-order valence-electron chi connectivity index (χ3n) is 4.88. The van der Waals surface area contributed by atoms with Crippen LogP contribution in [-0.4, -0.2) is 20.9 Å². The van der Waals surface area contributed by atoms with Gasteiger partial charge in [0.05, 0.1) is 20.6 Å². The highest BCUT2D eigenvalue weighted by molar-refractivity contribution is 7.92. The van der Waals surface area contributed by atoms with Crippen LogP contribution in [0.1, 0.15) is 0 Å². The van der Waals surface area contributed by atoms with E-state index in [1.165, 1.54) is 18.2 Å². The highest BCUT2D eigenvalue weighted by Crippen LogP contribution is 2.35. The zero-order valence-corrected chi connectivity index (χ0v) is 19.0. The molecule has 0 aliphatic rings. The zero-order valence-electron chi connectivity index (χ0n) is 16.7. The molecule has 0 aliphatic heterocycles. The Hall–Kier alpha value is -3.06. The fourth-order valence-electron chi connectivity index (χ4n) is 3.36. The third-order valence-corrected chi connectivity index (χ3v) is 7.46. The van der Waals surface area contributed by atoms with Crippen LogP contribution in [0.4, 0.5) is 11.4 Å². The van der Waals surface area contributed by atoms with Crippen LogP contribution in [0.15, 0.2) is 95.9 Å². The minimum atomic E-state index is -4.09. The molecule has 32 heavy (non-hydrogen) atoms. The summed E-state index contributed by atoms with van der Waals surface area (Å²) in [4.78, 5) is 13.1. The van der Waals surface area contributed by atoms with Gasteiger partial charge in [-0.1, -0.05) is 83.9 Å². The van der Waals surface area contributed by atoms with Crippen LogP contribution < -0.4 is 9.62 Å². The molecule has 8 heteroatoms. The summed E-state index contributed by atoms with van der Waals surface area (Å²) in [6, 6.07) is 25.6. The Kier molecular flexibility index (Phi) is 6.37. The maximum atomic E-state index is 13.4. The summed E-state index contributed by atoms with van der Waals surface area (Å²) in [6.07, 6.45) is 0. The second-order valence-corrected chi connectivity index (χ2v) is 9.62. The molecule has 0 radical (unpaired) electrons. The van der Waals surface area contributed by atoms with Crippen LogP contribution in [0.5, 0.6) is 0 Å². The second kappa shape index (κ2) is 9.20. The Morgan fingerprint density at radius 2 is 1.47 bits per heavy atom. The summed E-state index contributed by atoms with van der Waals surface area (Å²) >= 11 is 12.5. The van der Waals surface area contributed by atoms with Crippen molar-refractivity contribution in [1.82, 2.24) is 0 Å². The average molecular weight is 485 g/mol. The van der Waals surface area contributed by atoms with E-state index in [0.717, 1.165) is 15.1 Å². The first-order valence-corrected chi connectivity index (χ1v) is 11.9. The normalized spacial score (nSPS) is 11.3. The van der Waals surface area contributed by atoms with E-state index in [1.54, 1.807) is 36.4 Å². The Bertz CT molecular complexity index is 1390. The molecule has 0 unspecified atom stereocenters. The summed E-state index contributed by atoms with van der Waals surface area (Å²) in [6.45, 7) is -0.486. The molecule has 0 atom stereocenters.